The number of anilines is 2. The molecule has 11 heteroatoms. The number of hydrogen-bond acceptors (Lipinski definition) is 6. The summed E-state index contributed by atoms with van der Waals surface area (Å²) < 4.78 is 54.9. The largest absolute Gasteiger partial charge is 0.495 e. The quantitative estimate of drug-likeness (QED) is 0.524. The van der Waals surface area contributed by atoms with Crippen LogP contribution in [0.15, 0.2) is 60.8 Å². The average molecular weight is 461 g/mol. The van der Waals surface area contributed by atoms with Gasteiger partial charge in [0.1, 0.15) is 11.5 Å². The Balaban J connectivity index is 1.89. The van der Waals surface area contributed by atoms with E-state index in [1.807, 2.05) is 0 Å². The number of ether oxygens (including phenoxy) is 3. The molecule has 1 heterocycles. The monoisotopic (exact) mass is 461 g/mol. The van der Waals surface area contributed by atoms with Crippen LogP contribution in [0.5, 0.6) is 17.4 Å². The van der Waals surface area contributed by atoms with Crippen LogP contribution in [0, 0.1) is 0 Å². The molecule has 0 saturated heterocycles. The van der Waals surface area contributed by atoms with Crippen molar-refractivity contribution < 1.29 is 37.0 Å². The molecule has 1 aromatic heterocycles. The Morgan fingerprint density at radius 2 is 1.70 bits per heavy atom. The van der Waals surface area contributed by atoms with Crippen molar-refractivity contribution in [1.82, 2.24) is 4.98 Å². The van der Waals surface area contributed by atoms with Crippen LogP contribution in [-0.2, 0) is 10.9 Å². The first-order valence-electron chi connectivity index (χ1n) is 9.31. The molecule has 0 saturated carbocycles. The van der Waals surface area contributed by atoms with Crippen LogP contribution in [0.1, 0.15) is 15.9 Å². The Labute approximate surface area is 186 Å². The van der Waals surface area contributed by atoms with Gasteiger partial charge in [-0.15, -0.1) is 0 Å². The minimum Gasteiger partial charge on any atom is -0.495 e. The molecule has 0 aliphatic rings. The first-order valence-corrected chi connectivity index (χ1v) is 9.31. The van der Waals surface area contributed by atoms with E-state index in [0.29, 0.717) is 5.75 Å². The normalized spacial score (nSPS) is 10.9. The number of primary amides is 1. The number of alkyl halides is 3. The number of aromatic nitrogens is 1. The van der Waals surface area contributed by atoms with Gasteiger partial charge in [-0.1, -0.05) is 0 Å². The predicted octanol–water partition coefficient (Wildman–Crippen LogP) is 4.90. The Morgan fingerprint density at radius 1 is 1.00 bits per heavy atom. The van der Waals surface area contributed by atoms with E-state index < -0.39 is 23.7 Å². The van der Waals surface area contributed by atoms with Gasteiger partial charge in [0, 0.05) is 12.3 Å². The van der Waals surface area contributed by atoms with Gasteiger partial charge in [-0.05, 0) is 48.5 Å². The van der Waals surface area contributed by atoms with Crippen molar-refractivity contribution >= 4 is 23.4 Å². The Kier molecular flexibility index (Phi) is 6.71. The molecule has 8 nitrogen and oxygen atoms in total. The zero-order valence-electron chi connectivity index (χ0n) is 17.4. The first-order chi connectivity index (χ1) is 15.6. The van der Waals surface area contributed by atoms with Crippen LogP contribution in [0.2, 0.25) is 0 Å². The predicted molar refractivity (Wildman–Crippen MR) is 112 cm³/mol. The van der Waals surface area contributed by atoms with Crippen molar-refractivity contribution in [3.63, 3.8) is 0 Å². The molecule has 33 heavy (non-hydrogen) atoms. The van der Waals surface area contributed by atoms with Crippen molar-refractivity contribution in [3.05, 3.63) is 71.9 Å². The van der Waals surface area contributed by atoms with Gasteiger partial charge in [-0.3, -0.25) is 4.90 Å². The summed E-state index contributed by atoms with van der Waals surface area (Å²) in [6.07, 6.45) is -3.34. The summed E-state index contributed by atoms with van der Waals surface area (Å²) in [4.78, 5) is 28.5. The van der Waals surface area contributed by atoms with Crippen LogP contribution in [0.3, 0.4) is 0 Å². The maximum atomic E-state index is 13.2. The van der Waals surface area contributed by atoms with Gasteiger partial charge < -0.3 is 19.9 Å². The van der Waals surface area contributed by atoms with E-state index in [9.17, 15) is 22.8 Å². The van der Waals surface area contributed by atoms with Crippen molar-refractivity contribution in [2.75, 3.05) is 19.1 Å². The Morgan fingerprint density at radius 3 is 2.21 bits per heavy atom. The number of halogens is 3. The van der Waals surface area contributed by atoms with E-state index in [-0.39, 0.29) is 28.6 Å². The third kappa shape index (κ3) is 5.32. The maximum absolute atomic E-state index is 13.2. The van der Waals surface area contributed by atoms with Gasteiger partial charge in [-0.2, -0.15) is 13.2 Å². The standard InChI is InChI=1S/C22H18F3N3O5/c1-31-18-9-4-14(22(23,24)25)11-17(18)28(21(26)30)15-5-7-16(8-6-15)33-19-10-3-13(12-27-19)20(29)32-2/h3-12H,1-2H3,(H2,26,30). The highest BCUT2D eigenvalue weighted by Gasteiger charge is 2.32. The molecule has 2 amide bonds. The van der Waals surface area contributed by atoms with Crippen LogP contribution < -0.4 is 20.1 Å². The van der Waals surface area contributed by atoms with Crippen LogP contribution in [0.25, 0.3) is 0 Å². The third-order valence-corrected chi connectivity index (χ3v) is 4.44. The summed E-state index contributed by atoms with van der Waals surface area (Å²) in [6.45, 7) is 0. The molecular weight excluding hydrogens is 443 g/mol. The number of hydrogen-bond donors (Lipinski definition) is 1. The summed E-state index contributed by atoms with van der Waals surface area (Å²) >= 11 is 0. The molecule has 2 aromatic carbocycles. The molecule has 0 spiro atoms. The van der Waals surface area contributed by atoms with E-state index >= 15 is 0 Å². The summed E-state index contributed by atoms with van der Waals surface area (Å²) in [5, 5.41) is 0. The van der Waals surface area contributed by atoms with Crippen molar-refractivity contribution in [1.29, 1.82) is 0 Å². The molecular formula is C22H18F3N3O5. The lowest BCUT2D eigenvalue weighted by Crippen LogP contribution is -2.32. The maximum Gasteiger partial charge on any atom is 0.416 e. The van der Waals surface area contributed by atoms with Crippen molar-refractivity contribution in [2.24, 2.45) is 5.73 Å². The zero-order valence-corrected chi connectivity index (χ0v) is 17.4. The van der Waals surface area contributed by atoms with E-state index in [1.165, 1.54) is 56.8 Å². The van der Waals surface area contributed by atoms with E-state index in [0.717, 1.165) is 23.1 Å². The summed E-state index contributed by atoms with van der Waals surface area (Å²) in [5.41, 5.74) is 4.75. The van der Waals surface area contributed by atoms with Crippen LogP contribution in [0.4, 0.5) is 29.3 Å². The van der Waals surface area contributed by atoms with Gasteiger partial charge in [0.15, 0.2) is 0 Å². The second kappa shape index (κ2) is 9.47. The van der Waals surface area contributed by atoms with Gasteiger partial charge in [0.2, 0.25) is 5.88 Å². The van der Waals surface area contributed by atoms with Crippen molar-refractivity contribution in [2.45, 2.75) is 6.18 Å². The summed E-state index contributed by atoms with van der Waals surface area (Å²) in [6, 6.07) is 10.5. The molecule has 2 N–H and O–H groups in total. The molecule has 172 valence electrons. The SMILES string of the molecule is COC(=O)c1ccc(Oc2ccc(N(C(N)=O)c3cc(C(F)(F)F)ccc3OC)cc2)nc1. The highest BCUT2D eigenvalue weighted by Crippen LogP contribution is 2.39. The minimum atomic E-state index is -4.63. The fourth-order valence-electron chi connectivity index (χ4n) is 2.89. The number of carbonyl (C=O) groups excluding carboxylic acids is 2. The van der Waals surface area contributed by atoms with E-state index in [2.05, 4.69) is 9.72 Å². The first kappa shape index (κ1) is 23.4. The Bertz CT molecular complexity index is 1150. The lowest BCUT2D eigenvalue weighted by atomic mass is 10.1. The number of urea groups is 1. The Hall–Kier alpha value is -4.28. The smallest absolute Gasteiger partial charge is 0.416 e. The zero-order chi connectivity index (χ0) is 24.2. The number of pyridine rings is 1. The molecule has 0 radical (unpaired) electrons. The van der Waals surface area contributed by atoms with Gasteiger partial charge in [0.05, 0.1) is 36.7 Å². The van der Waals surface area contributed by atoms with Gasteiger partial charge in [-0.25, -0.2) is 14.6 Å². The second-order valence-corrected chi connectivity index (χ2v) is 6.53. The fraction of sp³-hybridized carbons (Fsp3) is 0.136. The molecule has 0 bridgehead atoms. The summed E-state index contributed by atoms with van der Waals surface area (Å²) in [5.74, 6) is -0.0220. The number of methoxy groups -OCH3 is 2. The molecule has 0 fully saturated rings. The molecule has 3 rings (SSSR count). The molecule has 0 atom stereocenters. The fourth-order valence-corrected chi connectivity index (χ4v) is 2.89. The number of carbonyl (C=O) groups is 2. The summed E-state index contributed by atoms with van der Waals surface area (Å²) in [7, 11) is 2.51. The second-order valence-electron chi connectivity index (χ2n) is 6.53. The highest BCUT2D eigenvalue weighted by molar-refractivity contribution is 6.00. The average Bonchev–Trinajstić information content (AvgIpc) is 2.79. The van der Waals surface area contributed by atoms with Gasteiger partial charge in [0.25, 0.3) is 0 Å². The van der Waals surface area contributed by atoms with Crippen molar-refractivity contribution in [3.8, 4) is 17.4 Å². The minimum absolute atomic E-state index is 0.0250. The van der Waals surface area contributed by atoms with Gasteiger partial charge >= 0.3 is 18.2 Å². The number of benzene rings is 2. The number of nitrogens with two attached hydrogens (primary N) is 1. The highest BCUT2D eigenvalue weighted by atomic mass is 19.4. The third-order valence-electron chi connectivity index (χ3n) is 4.44. The number of rotatable bonds is 6. The van der Waals surface area contributed by atoms with E-state index in [4.69, 9.17) is 15.2 Å². The van der Waals surface area contributed by atoms with Crippen LogP contribution >= 0.6 is 0 Å². The lowest BCUT2D eigenvalue weighted by Gasteiger charge is -2.24. The molecule has 0 aliphatic heterocycles. The molecule has 3 aromatic rings. The topological polar surface area (TPSA) is 104 Å². The number of amides is 2. The lowest BCUT2D eigenvalue weighted by molar-refractivity contribution is -0.137. The number of nitrogens with zero attached hydrogens (tertiary/aromatic N) is 2. The van der Waals surface area contributed by atoms with Crippen LogP contribution in [-0.4, -0.2) is 31.2 Å². The number of esters is 1. The molecule has 0 aliphatic carbocycles. The van der Waals surface area contributed by atoms with E-state index in [1.54, 1.807) is 0 Å². The molecule has 0 unspecified atom stereocenters.